The molecule has 0 bridgehead atoms. The molecular weight excluding hydrogens is 272 g/mol. The lowest BCUT2D eigenvalue weighted by molar-refractivity contribution is 0.0695. The lowest BCUT2D eigenvalue weighted by atomic mass is 10.0. The number of ether oxygens (including phenoxy) is 1. The Hall–Kier alpha value is -1.55. The van der Waals surface area contributed by atoms with Crippen molar-refractivity contribution in [2.24, 2.45) is 0 Å². The molecule has 3 nitrogen and oxygen atoms in total. The van der Waals surface area contributed by atoms with Crippen molar-refractivity contribution < 1.29 is 14.6 Å². The largest absolute Gasteiger partial charge is 0.496 e. The molecule has 4 heteroatoms. The van der Waals surface area contributed by atoms with Crippen molar-refractivity contribution in [1.82, 2.24) is 0 Å². The number of hydrogen-bond donors (Lipinski definition) is 1. The molecule has 0 aromatic heterocycles. The summed E-state index contributed by atoms with van der Waals surface area (Å²) < 4.78 is 5.82. The zero-order chi connectivity index (χ0) is 11.7. The highest BCUT2D eigenvalue weighted by Gasteiger charge is 2.16. The first-order valence-corrected chi connectivity index (χ1v) is 5.43. The Bertz CT molecular complexity index is 563. The molecule has 2 aromatic rings. The Labute approximate surface area is 101 Å². The Kier molecular flexibility index (Phi) is 2.83. The molecule has 0 fully saturated rings. The van der Waals surface area contributed by atoms with Crippen LogP contribution in [0.4, 0.5) is 0 Å². The number of fused-ring (bicyclic) bond motifs is 1. The van der Waals surface area contributed by atoms with Gasteiger partial charge in [0.2, 0.25) is 0 Å². The highest BCUT2D eigenvalue weighted by molar-refractivity contribution is 9.10. The van der Waals surface area contributed by atoms with Crippen molar-refractivity contribution in [2.45, 2.75) is 0 Å². The van der Waals surface area contributed by atoms with Crippen LogP contribution in [-0.2, 0) is 0 Å². The molecule has 0 atom stereocenters. The van der Waals surface area contributed by atoms with Gasteiger partial charge in [0, 0.05) is 9.86 Å². The fourth-order valence-electron chi connectivity index (χ4n) is 1.70. The van der Waals surface area contributed by atoms with E-state index in [2.05, 4.69) is 15.9 Å². The van der Waals surface area contributed by atoms with E-state index in [-0.39, 0.29) is 5.56 Å². The Morgan fingerprint density at radius 2 is 2.06 bits per heavy atom. The number of carboxylic acid groups (broad SMARTS) is 1. The predicted molar refractivity (Wildman–Crippen MR) is 65.2 cm³/mol. The topological polar surface area (TPSA) is 46.5 Å². The van der Waals surface area contributed by atoms with Gasteiger partial charge in [-0.25, -0.2) is 4.79 Å². The van der Waals surface area contributed by atoms with Gasteiger partial charge in [0.05, 0.1) is 7.11 Å². The average Bonchev–Trinajstić information content (AvgIpc) is 2.27. The maximum atomic E-state index is 11.2. The van der Waals surface area contributed by atoms with Gasteiger partial charge in [0.1, 0.15) is 11.3 Å². The van der Waals surface area contributed by atoms with Gasteiger partial charge >= 0.3 is 5.97 Å². The molecule has 0 spiro atoms. The molecule has 0 amide bonds. The molecule has 0 aliphatic rings. The number of hydrogen-bond acceptors (Lipinski definition) is 2. The van der Waals surface area contributed by atoms with E-state index in [1.54, 1.807) is 6.07 Å². The Morgan fingerprint density at radius 1 is 1.31 bits per heavy atom. The zero-order valence-electron chi connectivity index (χ0n) is 8.53. The Balaban J connectivity index is 2.93. The molecule has 82 valence electrons. The summed E-state index contributed by atoms with van der Waals surface area (Å²) in [6, 6.07) is 9.05. The molecule has 1 N–H and O–H groups in total. The van der Waals surface area contributed by atoms with Gasteiger partial charge in [-0.1, -0.05) is 34.1 Å². The quantitative estimate of drug-likeness (QED) is 0.918. The molecule has 0 saturated carbocycles. The lowest BCUT2D eigenvalue weighted by Gasteiger charge is -2.09. The molecule has 0 unspecified atom stereocenters. The average molecular weight is 281 g/mol. The van der Waals surface area contributed by atoms with Gasteiger partial charge < -0.3 is 9.84 Å². The summed E-state index contributed by atoms with van der Waals surface area (Å²) in [5, 5.41) is 10.7. The summed E-state index contributed by atoms with van der Waals surface area (Å²) in [5.74, 6) is -0.624. The van der Waals surface area contributed by atoms with Gasteiger partial charge in [-0.15, -0.1) is 0 Å². The van der Waals surface area contributed by atoms with Crippen molar-refractivity contribution in [1.29, 1.82) is 0 Å². The number of aromatic carboxylic acids is 1. The number of rotatable bonds is 2. The van der Waals surface area contributed by atoms with Gasteiger partial charge in [0.15, 0.2) is 0 Å². The highest BCUT2D eigenvalue weighted by atomic mass is 79.9. The van der Waals surface area contributed by atoms with Crippen LogP contribution in [0, 0.1) is 0 Å². The zero-order valence-corrected chi connectivity index (χ0v) is 10.1. The van der Waals surface area contributed by atoms with Crippen molar-refractivity contribution in [2.75, 3.05) is 7.11 Å². The minimum absolute atomic E-state index is 0.187. The maximum Gasteiger partial charge on any atom is 0.340 e. The van der Waals surface area contributed by atoms with Gasteiger partial charge in [-0.2, -0.15) is 0 Å². The first-order chi connectivity index (χ1) is 7.65. The first kappa shape index (κ1) is 11.0. The van der Waals surface area contributed by atoms with E-state index < -0.39 is 5.97 Å². The molecule has 0 aliphatic heterocycles. The van der Waals surface area contributed by atoms with Crippen LogP contribution in [0.5, 0.6) is 5.75 Å². The van der Waals surface area contributed by atoms with Crippen LogP contribution in [0.3, 0.4) is 0 Å². The van der Waals surface area contributed by atoms with Crippen LogP contribution >= 0.6 is 15.9 Å². The fourth-order valence-corrected chi connectivity index (χ4v) is 2.28. The van der Waals surface area contributed by atoms with Crippen LogP contribution in [0.2, 0.25) is 0 Å². The highest BCUT2D eigenvalue weighted by Crippen LogP contribution is 2.33. The molecule has 0 saturated heterocycles. The van der Waals surface area contributed by atoms with Gasteiger partial charge in [-0.3, -0.25) is 0 Å². The third-order valence-corrected chi connectivity index (χ3v) is 3.05. The van der Waals surface area contributed by atoms with Crippen molar-refractivity contribution >= 4 is 32.7 Å². The number of carboxylic acids is 1. The second kappa shape index (κ2) is 4.14. The summed E-state index contributed by atoms with van der Waals surface area (Å²) in [6.45, 7) is 0. The second-order valence-electron chi connectivity index (χ2n) is 3.29. The number of methoxy groups -OCH3 is 1. The van der Waals surface area contributed by atoms with Crippen molar-refractivity contribution in [3.8, 4) is 5.75 Å². The lowest BCUT2D eigenvalue weighted by Crippen LogP contribution is -2.01. The second-order valence-corrected chi connectivity index (χ2v) is 4.14. The van der Waals surface area contributed by atoms with E-state index in [4.69, 9.17) is 4.74 Å². The van der Waals surface area contributed by atoms with E-state index in [0.29, 0.717) is 11.1 Å². The third-order valence-electron chi connectivity index (χ3n) is 2.39. The smallest absolute Gasteiger partial charge is 0.340 e. The SMILES string of the molecule is COc1ccc2cccc(Br)c2c1C(=O)O. The molecule has 2 aromatic carbocycles. The Morgan fingerprint density at radius 3 is 2.69 bits per heavy atom. The maximum absolute atomic E-state index is 11.2. The standard InChI is InChI=1S/C12H9BrO3/c1-16-9-6-5-7-3-2-4-8(13)10(7)11(9)12(14)15/h2-6H,1H3,(H,14,15). The summed E-state index contributed by atoms with van der Waals surface area (Å²) in [6.07, 6.45) is 0. The first-order valence-electron chi connectivity index (χ1n) is 4.63. The molecule has 2 rings (SSSR count). The van der Waals surface area contributed by atoms with Gasteiger partial charge in [0.25, 0.3) is 0 Å². The molecule has 0 radical (unpaired) electrons. The van der Waals surface area contributed by atoms with E-state index in [0.717, 1.165) is 9.86 Å². The van der Waals surface area contributed by atoms with E-state index >= 15 is 0 Å². The minimum Gasteiger partial charge on any atom is -0.496 e. The monoisotopic (exact) mass is 280 g/mol. The van der Waals surface area contributed by atoms with E-state index in [9.17, 15) is 9.90 Å². The number of carbonyl (C=O) groups is 1. The fraction of sp³-hybridized carbons (Fsp3) is 0.0833. The number of halogens is 1. The van der Waals surface area contributed by atoms with E-state index in [1.807, 2.05) is 24.3 Å². The number of benzene rings is 2. The van der Waals surface area contributed by atoms with Crippen molar-refractivity contribution in [3.63, 3.8) is 0 Å². The van der Waals surface area contributed by atoms with Crippen LogP contribution < -0.4 is 4.74 Å². The normalized spacial score (nSPS) is 10.4. The van der Waals surface area contributed by atoms with Crippen LogP contribution in [0.25, 0.3) is 10.8 Å². The van der Waals surface area contributed by atoms with Crippen LogP contribution in [-0.4, -0.2) is 18.2 Å². The molecule has 0 heterocycles. The minimum atomic E-state index is -0.991. The summed E-state index contributed by atoms with van der Waals surface area (Å²) in [5.41, 5.74) is 0.187. The third kappa shape index (κ3) is 1.65. The molecule has 16 heavy (non-hydrogen) atoms. The molecule has 0 aliphatic carbocycles. The summed E-state index contributed by atoms with van der Waals surface area (Å²) >= 11 is 3.36. The molecular formula is C12H9BrO3. The van der Waals surface area contributed by atoms with Gasteiger partial charge in [-0.05, 0) is 17.5 Å². The van der Waals surface area contributed by atoms with Crippen molar-refractivity contribution in [3.05, 3.63) is 40.4 Å². The summed E-state index contributed by atoms with van der Waals surface area (Å²) in [7, 11) is 1.46. The van der Waals surface area contributed by atoms with Crippen LogP contribution in [0.15, 0.2) is 34.8 Å². The van der Waals surface area contributed by atoms with E-state index in [1.165, 1.54) is 7.11 Å². The summed E-state index contributed by atoms with van der Waals surface area (Å²) in [4.78, 5) is 11.2. The van der Waals surface area contributed by atoms with Crippen LogP contribution in [0.1, 0.15) is 10.4 Å². The predicted octanol–water partition coefficient (Wildman–Crippen LogP) is 3.31.